The Morgan fingerprint density at radius 2 is 1.56 bits per heavy atom. The minimum atomic E-state index is -4.56. The maximum atomic E-state index is 12.9. The van der Waals surface area contributed by atoms with E-state index in [1.165, 1.54) is 16.9 Å². The molecule has 1 unspecified atom stereocenters. The number of alkyl halides is 3. The Bertz CT molecular complexity index is 1580. The number of para-hydroxylation sites is 1. The van der Waals surface area contributed by atoms with E-state index in [2.05, 4.69) is 21.0 Å². The summed E-state index contributed by atoms with van der Waals surface area (Å²) in [6.45, 7) is 10.0. The van der Waals surface area contributed by atoms with Crippen LogP contribution in [0, 0.1) is 0 Å². The van der Waals surface area contributed by atoms with E-state index in [1.54, 1.807) is 12.1 Å². The van der Waals surface area contributed by atoms with Gasteiger partial charge in [-0.15, -0.1) is 0 Å². The number of carbonyl (C=O) groups excluding carboxylic acids is 3. The second-order valence-corrected chi connectivity index (χ2v) is 10.5. The molecule has 0 aliphatic carbocycles. The summed E-state index contributed by atoms with van der Waals surface area (Å²) in [7, 11) is 0. The number of hydrogen-bond acceptors (Lipinski definition) is 5. The Labute approximate surface area is 259 Å². The number of halogens is 3. The van der Waals surface area contributed by atoms with Gasteiger partial charge in [0.15, 0.2) is 0 Å². The number of aromatic nitrogens is 2. The molecule has 3 amide bonds. The van der Waals surface area contributed by atoms with E-state index in [0.717, 1.165) is 23.8 Å². The predicted octanol–water partition coefficient (Wildman–Crippen LogP) is 7.05. The normalized spacial score (nSPS) is 13.6. The SMILES string of the molecule is CC.CC(C)(C)OC(=O)NCc1ccccc1.O=C(NC1C(=O)Nc2c1cnn2-c1ccccc1)c1cccc(C(F)(F)F)c1. The zero-order chi connectivity index (χ0) is 33.2. The third-order valence-electron chi connectivity index (χ3n) is 6.02. The van der Waals surface area contributed by atoms with Gasteiger partial charge < -0.3 is 20.7 Å². The number of alkyl carbamates (subject to hydrolysis) is 1. The number of fused-ring (bicyclic) bond motifs is 1. The molecule has 9 nitrogen and oxygen atoms in total. The highest BCUT2D eigenvalue weighted by Gasteiger charge is 2.36. The number of carbonyl (C=O) groups is 3. The van der Waals surface area contributed by atoms with Crippen LogP contribution in [0.2, 0.25) is 0 Å². The van der Waals surface area contributed by atoms with E-state index in [1.807, 2.05) is 83.1 Å². The second kappa shape index (κ2) is 15.0. The van der Waals surface area contributed by atoms with Crippen LogP contribution in [0.25, 0.3) is 5.69 Å². The molecule has 0 spiro atoms. The summed E-state index contributed by atoms with van der Waals surface area (Å²) in [6, 6.07) is 21.8. The standard InChI is InChI=1S/C19H13F3N4O2.C12H17NO2.C2H6/c20-19(21,22)12-6-4-5-11(9-12)17(27)24-15-14-10-23-26(16(14)25-18(15)28)13-7-2-1-3-8-13;1-12(2,3)15-11(14)13-9-10-7-5-4-6-8-10;1-2/h1-10,15H,(H,24,27)(H,25,28);4-8H,9H2,1-3H3,(H,13,14);1-2H3. The second-order valence-electron chi connectivity index (χ2n) is 10.5. The van der Waals surface area contributed by atoms with Crippen molar-refractivity contribution in [1.29, 1.82) is 0 Å². The molecule has 5 rings (SSSR count). The average molecular weight is 624 g/mol. The minimum absolute atomic E-state index is 0.188. The molecule has 1 aliphatic heterocycles. The highest BCUT2D eigenvalue weighted by Crippen LogP contribution is 2.33. The van der Waals surface area contributed by atoms with Crippen molar-refractivity contribution < 1.29 is 32.3 Å². The van der Waals surface area contributed by atoms with Crippen LogP contribution in [0.4, 0.5) is 23.8 Å². The van der Waals surface area contributed by atoms with Gasteiger partial charge >= 0.3 is 12.3 Å². The molecule has 0 saturated carbocycles. The van der Waals surface area contributed by atoms with Crippen LogP contribution in [-0.4, -0.2) is 33.3 Å². The topological polar surface area (TPSA) is 114 Å². The zero-order valence-electron chi connectivity index (χ0n) is 25.6. The van der Waals surface area contributed by atoms with Crippen LogP contribution in [0.5, 0.6) is 0 Å². The van der Waals surface area contributed by atoms with Gasteiger partial charge in [-0.2, -0.15) is 18.3 Å². The Morgan fingerprint density at radius 3 is 2.16 bits per heavy atom. The average Bonchev–Trinajstić information content (AvgIpc) is 3.55. The summed E-state index contributed by atoms with van der Waals surface area (Å²) in [5, 5.41) is 12.0. The maximum absolute atomic E-state index is 12.9. The van der Waals surface area contributed by atoms with Gasteiger partial charge in [-0.1, -0.05) is 68.4 Å². The lowest BCUT2D eigenvalue weighted by Gasteiger charge is -2.19. The number of amides is 3. The lowest BCUT2D eigenvalue weighted by Crippen LogP contribution is -2.33. The first kappa shape index (κ1) is 34.4. The minimum Gasteiger partial charge on any atom is -0.444 e. The number of nitrogens with zero attached hydrogens (tertiary/aromatic N) is 2. The molecule has 0 radical (unpaired) electrons. The molecule has 3 N–H and O–H groups in total. The maximum Gasteiger partial charge on any atom is 0.416 e. The predicted molar refractivity (Wildman–Crippen MR) is 165 cm³/mol. The van der Waals surface area contributed by atoms with Crippen LogP contribution in [-0.2, 0) is 22.3 Å². The van der Waals surface area contributed by atoms with Crippen molar-refractivity contribution in [1.82, 2.24) is 20.4 Å². The number of anilines is 1. The molecule has 45 heavy (non-hydrogen) atoms. The fourth-order valence-electron chi connectivity index (χ4n) is 4.07. The Morgan fingerprint density at radius 1 is 0.933 bits per heavy atom. The van der Waals surface area contributed by atoms with Crippen molar-refractivity contribution in [3.63, 3.8) is 0 Å². The number of benzene rings is 3. The van der Waals surface area contributed by atoms with Crippen LogP contribution >= 0.6 is 0 Å². The van der Waals surface area contributed by atoms with Gasteiger partial charge in [-0.25, -0.2) is 9.48 Å². The highest BCUT2D eigenvalue weighted by atomic mass is 19.4. The summed E-state index contributed by atoms with van der Waals surface area (Å²) >= 11 is 0. The van der Waals surface area contributed by atoms with Gasteiger partial charge in [0.25, 0.3) is 11.8 Å². The van der Waals surface area contributed by atoms with Gasteiger partial charge in [0.1, 0.15) is 17.5 Å². The Hall–Kier alpha value is -5.13. The lowest BCUT2D eigenvalue weighted by molar-refractivity contribution is -0.137. The molecule has 0 saturated heterocycles. The van der Waals surface area contributed by atoms with Crippen LogP contribution in [0.1, 0.15) is 67.7 Å². The molecule has 1 aliphatic rings. The summed E-state index contributed by atoms with van der Waals surface area (Å²) in [5.41, 5.74) is 0.646. The van der Waals surface area contributed by atoms with Gasteiger partial charge in [0.05, 0.1) is 17.4 Å². The Kier molecular flexibility index (Phi) is 11.5. The largest absolute Gasteiger partial charge is 0.444 e. The van der Waals surface area contributed by atoms with E-state index in [0.29, 0.717) is 23.6 Å². The summed E-state index contributed by atoms with van der Waals surface area (Å²) in [5.74, 6) is -0.866. The molecule has 0 bridgehead atoms. The quantitative estimate of drug-likeness (QED) is 0.220. The molecule has 2 heterocycles. The summed E-state index contributed by atoms with van der Waals surface area (Å²) < 4.78 is 45.2. The van der Waals surface area contributed by atoms with Crippen molar-refractivity contribution >= 4 is 23.7 Å². The fraction of sp³-hybridized carbons (Fsp3) is 0.273. The van der Waals surface area contributed by atoms with Crippen molar-refractivity contribution in [2.24, 2.45) is 0 Å². The molecular weight excluding hydrogens is 587 g/mol. The molecule has 4 aromatic rings. The van der Waals surface area contributed by atoms with Crippen molar-refractivity contribution in [3.8, 4) is 5.69 Å². The van der Waals surface area contributed by atoms with E-state index >= 15 is 0 Å². The van der Waals surface area contributed by atoms with E-state index in [4.69, 9.17) is 4.74 Å². The first-order valence-corrected chi connectivity index (χ1v) is 14.2. The molecule has 12 heteroatoms. The molecule has 1 atom stereocenters. The number of rotatable bonds is 5. The first-order valence-electron chi connectivity index (χ1n) is 14.2. The molecule has 0 fully saturated rings. The fourth-order valence-corrected chi connectivity index (χ4v) is 4.07. The van der Waals surface area contributed by atoms with Crippen LogP contribution in [0.15, 0.2) is 91.1 Å². The monoisotopic (exact) mass is 623 g/mol. The molecule has 1 aromatic heterocycles. The van der Waals surface area contributed by atoms with Crippen molar-refractivity contribution in [2.45, 2.75) is 59.0 Å². The van der Waals surface area contributed by atoms with Gasteiger partial charge in [-0.3, -0.25) is 9.59 Å². The smallest absolute Gasteiger partial charge is 0.416 e. The number of nitrogens with one attached hydrogen (secondary N) is 3. The van der Waals surface area contributed by atoms with Gasteiger partial charge in [0.2, 0.25) is 0 Å². The highest BCUT2D eigenvalue weighted by molar-refractivity contribution is 6.05. The first-order chi connectivity index (χ1) is 21.3. The molecule has 238 valence electrons. The van der Waals surface area contributed by atoms with Crippen molar-refractivity contribution in [3.05, 3.63) is 113 Å². The zero-order valence-corrected chi connectivity index (χ0v) is 25.6. The third kappa shape index (κ3) is 9.68. The summed E-state index contributed by atoms with van der Waals surface area (Å²) in [4.78, 5) is 36.0. The van der Waals surface area contributed by atoms with Gasteiger partial charge in [-0.05, 0) is 56.7 Å². The molecular formula is C33H36F3N5O4. The van der Waals surface area contributed by atoms with E-state index in [9.17, 15) is 27.6 Å². The van der Waals surface area contributed by atoms with Gasteiger partial charge in [0, 0.05) is 17.7 Å². The van der Waals surface area contributed by atoms with Crippen LogP contribution in [0.3, 0.4) is 0 Å². The van der Waals surface area contributed by atoms with E-state index < -0.39 is 35.2 Å². The lowest BCUT2D eigenvalue weighted by atomic mass is 10.1. The third-order valence-corrected chi connectivity index (χ3v) is 6.02. The van der Waals surface area contributed by atoms with Crippen LogP contribution < -0.4 is 16.0 Å². The van der Waals surface area contributed by atoms with Crippen molar-refractivity contribution in [2.75, 3.05) is 5.32 Å². The molecule has 3 aromatic carbocycles. The Balaban J connectivity index is 0.000000276. The number of hydrogen-bond donors (Lipinski definition) is 3. The number of ether oxygens (including phenoxy) is 1. The van der Waals surface area contributed by atoms with E-state index in [-0.39, 0.29) is 11.7 Å². The summed E-state index contributed by atoms with van der Waals surface area (Å²) in [6.07, 6.45) is -3.51.